The fourth-order valence-electron chi connectivity index (χ4n) is 2.34. The zero-order valence-electron chi connectivity index (χ0n) is 12.2. The van der Waals surface area contributed by atoms with Gasteiger partial charge in [-0.2, -0.15) is 5.10 Å². The molecule has 0 saturated carbocycles. The van der Waals surface area contributed by atoms with E-state index in [0.717, 1.165) is 35.9 Å². The van der Waals surface area contributed by atoms with E-state index < -0.39 is 0 Å². The fraction of sp³-hybridized carbons (Fsp3) is 0.267. The topological polar surface area (TPSA) is 60.6 Å². The summed E-state index contributed by atoms with van der Waals surface area (Å²) in [6.07, 6.45) is 3.54. The van der Waals surface area contributed by atoms with Crippen molar-refractivity contribution < 1.29 is 0 Å². The molecule has 2 aromatic heterocycles. The average Bonchev–Trinajstić information content (AvgIpc) is 3.13. The Hall–Kier alpha value is -2.63. The molecule has 0 unspecified atom stereocenters. The van der Waals surface area contributed by atoms with Crippen LogP contribution in [0.5, 0.6) is 0 Å². The first-order valence-corrected chi connectivity index (χ1v) is 6.97. The second kappa shape index (κ2) is 5.78. The van der Waals surface area contributed by atoms with Crippen molar-refractivity contribution in [3.8, 4) is 11.4 Å². The quantitative estimate of drug-likeness (QED) is 0.780. The highest BCUT2D eigenvalue weighted by Gasteiger charge is 2.10. The van der Waals surface area contributed by atoms with Gasteiger partial charge < -0.3 is 9.88 Å². The molecule has 21 heavy (non-hydrogen) atoms. The lowest BCUT2D eigenvalue weighted by Crippen LogP contribution is -2.08. The standard InChI is InChI=1S/C15H18N6/c1-3-21-12(8-9-18-21)10-16-14-7-5-4-6-13(14)15-19-17-11-20(15)2/h4-9,11,16H,3,10H2,1-2H3. The van der Waals surface area contributed by atoms with E-state index in [1.165, 1.54) is 0 Å². The first kappa shape index (κ1) is 13.4. The van der Waals surface area contributed by atoms with E-state index in [-0.39, 0.29) is 0 Å². The summed E-state index contributed by atoms with van der Waals surface area (Å²) in [6, 6.07) is 10.1. The maximum atomic E-state index is 4.28. The molecular weight excluding hydrogens is 264 g/mol. The van der Waals surface area contributed by atoms with E-state index in [0.29, 0.717) is 0 Å². The summed E-state index contributed by atoms with van der Waals surface area (Å²) in [4.78, 5) is 0. The molecule has 0 aliphatic heterocycles. The molecule has 0 aliphatic rings. The van der Waals surface area contributed by atoms with E-state index >= 15 is 0 Å². The van der Waals surface area contributed by atoms with Crippen molar-refractivity contribution in [1.29, 1.82) is 0 Å². The summed E-state index contributed by atoms with van der Waals surface area (Å²) in [7, 11) is 1.94. The predicted octanol–water partition coefficient (Wildman–Crippen LogP) is 2.31. The highest BCUT2D eigenvalue weighted by atomic mass is 15.3. The van der Waals surface area contributed by atoms with Gasteiger partial charge in [0.25, 0.3) is 0 Å². The number of hydrogen-bond donors (Lipinski definition) is 1. The third kappa shape index (κ3) is 2.65. The molecule has 0 saturated heterocycles. The molecule has 0 spiro atoms. The normalized spacial score (nSPS) is 10.8. The van der Waals surface area contributed by atoms with Crippen molar-refractivity contribution in [1.82, 2.24) is 24.5 Å². The number of nitrogens with zero attached hydrogens (tertiary/aromatic N) is 5. The van der Waals surface area contributed by atoms with Crippen LogP contribution < -0.4 is 5.32 Å². The van der Waals surface area contributed by atoms with Gasteiger partial charge in [-0.1, -0.05) is 12.1 Å². The third-order valence-corrected chi connectivity index (χ3v) is 3.44. The van der Waals surface area contributed by atoms with Crippen LogP contribution >= 0.6 is 0 Å². The fourth-order valence-corrected chi connectivity index (χ4v) is 2.34. The van der Waals surface area contributed by atoms with Crippen molar-refractivity contribution in [2.45, 2.75) is 20.0 Å². The summed E-state index contributed by atoms with van der Waals surface area (Å²) in [6.45, 7) is 3.68. The van der Waals surface area contributed by atoms with Crippen LogP contribution in [0.25, 0.3) is 11.4 Å². The molecule has 3 rings (SSSR count). The Balaban J connectivity index is 1.85. The zero-order chi connectivity index (χ0) is 14.7. The van der Waals surface area contributed by atoms with Crippen LogP contribution in [0.15, 0.2) is 42.9 Å². The lowest BCUT2D eigenvalue weighted by atomic mass is 10.1. The number of benzene rings is 1. The molecule has 0 atom stereocenters. The first-order valence-electron chi connectivity index (χ1n) is 6.97. The second-order valence-corrected chi connectivity index (χ2v) is 4.80. The molecule has 0 amide bonds. The van der Waals surface area contributed by atoms with E-state index in [1.807, 2.05) is 46.8 Å². The van der Waals surface area contributed by atoms with Gasteiger partial charge in [0.2, 0.25) is 0 Å². The van der Waals surface area contributed by atoms with Gasteiger partial charge in [-0.15, -0.1) is 10.2 Å². The molecule has 1 N–H and O–H groups in total. The lowest BCUT2D eigenvalue weighted by molar-refractivity contribution is 0.627. The monoisotopic (exact) mass is 282 g/mol. The Morgan fingerprint density at radius 3 is 2.81 bits per heavy atom. The number of anilines is 1. The summed E-state index contributed by atoms with van der Waals surface area (Å²) >= 11 is 0. The summed E-state index contributed by atoms with van der Waals surface area (Å²) < 4.78 is 3.90. The third-order valence-electron chi connectivity index (χ3n) is 3.44. The van der Waals surface area contributed by atoms with Crippen LogP contribution in [0.3, 0.4) is 0 Å². The zero-order valence-corrected chi connectivity index (χ0v) is 12.2. The van der Waals surface area contributed by atoms with Gasteiger partial charge in [-0.3, -0.25) is 4.68 Å². The minimum Gasteiger partial charge on any atom is -0.379 e. The largest absolute Gasteiger partial charge is 0.379 e. The Labute approximate surface area is 123 Å². The van der Waals surface area contributed by atoms with Crippen LogP contribution in [0.4, 0.5) is 5.69 Å². The lowest BCUT2D eigenvalue weighted by Gasteiger charge is -2.12. The molecule has 108 valence electrons. The number of nitrogens with one attached hydrogen (secondary N) is 1. The highest BCUT2D eigenvalue weighted by molar-refractivity contribution is 5.73. The number of rotatable bonds is 5. The van der Waals surface area contributed by atoms with E-state index in [9.17, 15) is 0 Å². The smallest absolute Gasteiger partial charge is 0.165 e. The van der Waals surface area contributed by atoms with Gasteiger partial charge in [0, 0.05) is 31.0 Å². The summed E-state index contributed by atoms with van der Waals surface area (Å²) in [5, 5.41) is 15.9. The number of hydrogen-bond acceptors (Lipinski definition) is 4. The Kier molecular flexibility index (Phi) is 3.68. The van der Waals surface area contributed by atoms with E-state index in [2.05, 4.69) is 33.6 Å². The summed E-state index contributed by atoms with van der Waals surface area (Å²) in [5.41, 5.74) is 3.24. The maximum absolute atomic E-state index is 4.28. The van der Waals surface area contributed by atoms with Gasteiger partial charge in [0.1, 0.15) is 6.33 Å². The van der Waals surface area contributed by atoms with Gasteiger partial charge in [-0.05, 0) is 25.1 Å². The molecule has 0 bridgehead atoms. The molecule has 0 fully saturated rings. The molecule has 0 aliphatic carbocycles. The first-order chi connectivity index (χ1) is 10.3. The number of para-hydroxylation sites is 1. The molecule has 6 heteroatoms. The Bertz CT molecular complexity index is 727. The summed E-state index contributed by atoms with van der Waals surface area (Å²) in [5.74, 6) is 0.849. The molecule has 6 nitrogen and oxygen atoms in total. The van der Waals surface area contributed by atoms with Gasteiger partial charge in [0.15, 0.2) is 5.82 Å². The van der Waals surface area contributed by atoms with Crippen LogP contribution in [-0.2, 0) is 20.1 Å². The molecule has 3 aromatic rings. The van der Waals surface area contributed by atoms with Crippen LogP contribution in [0, 0.1) is 0 Å². The van der Waals surface area contributed by atoms with Crippen LogP contribution in [-0.4, -0.2) is 24.5 Å². The second-order valence-electron chi connectivity index (χ2n) is 4.80. The van der Waals surface area contributed by atoms with Crippen molar-refractivity contribution in [2.75, 3.05) is 5.32 Å². The van der Waals surface area contributed by atoms with Crippen molar-refractivity contribution in [3.05, 3.63) is 48.5 Å². The van der Waals surface area contributed by atoms with Crippen LogP contribution in [0.2, 0.25) is 0 Å². The Morgan fingerprint density at radius 1 is 1.19 bits per heavy atom. The van der Waals surface area contributed by atoms with Gasteiger partial charge >= 0.3 is 0 Å². The Morgan fingerprint density at radius 2 is 2.05 bits per heavy atom. The average molecular weight is 282 g/mol. The van der Waals surface area contributed by atoms with Crippen LogP contribution in [0.1, 0.15) is 12.6 Å². The maximum Gasteiger partial charge on any atom is 0.165 e. The molecular formula is C15H18N6. The number of aromatic nitrogens is 5. The molecule has 1 aromatic carbocycles. The van der Waals surface area contributed by atoms with E-state index in [1.54, 1.807) is 6.33 Å². The number of aryl methyl sites for hydroxylation is 2. The molecule has 0 radical (unpaired) electrons. The molecule has 2 heterocycles. The highest BCUT2D eigenvalue weighted by Crippen LogP contribution is 2.25. The predicted molar refractivity (Wildman–Crippen MR) is 81.7 cm³/mol. The van der Waals surface area contributed by atoms with Gasteiger partial charge in [-0.25, -0.2) is 0 Å². The van der Waals surface area contributed by atoms with Crippen molar-refractivity contribution >= 4 is 5.69 Å². The van der Waals surface area contributed by atoms with Crippen molar-refractivity contribution in [2.24, 2.45) is 7.05 Å². The van der Waals surface area contributed by atoms with Gasteiger partial charge in [0.05, 0.1) is 12.2 Å². The van der Waals surface area contributed by atoms with E-state index in [4.69, 9.17) is 0 Å². The van der Waals surface area contributed by atoms with Crippen molar-refractivity contribution in [3.63, 3.8) is 0 Å². The SMILES string of the molecule is CCn1nccc1CNc1ccccc1-c1nncn1C. The minimum atomic E-state index is 0.725. The minimum absolute atomic E-state index is 0.725.